The Morgan fingerprint density at radius 3 is 1.91 bits per heavy atom. The van der Waals surface area contributed by atoms with Gasteiger partial charge in [0.05, 0.1) is 0 Å². The minimum atomic E-state index is 0.156. The topological polar surface area (TPSA) is 0 Å². The predicted molar refractivity (Wildman–Crippen MR) is 116 cm³/mol. The van der Waals surface area contributed by atoms with E-state index < -0.39 is 0 Å². The van der Waals surface area contributed by atoms with Crippen LogP contribution in [0.25, 0.3) is 21.5 Å². The maximum absolute atomic E-state index is 3.75. The van der Waals surface area contributed by atoms with Gasteiger partial charge in [-0.25, -0.2) is 0 Å². The highest BCUT2D eigenvalue weighted by Gasteiger charge is 2.22. The lowest BCUT2D eigenvalue weighted by molar-refractivity contribution is 0.511. The Labute approximate surface area is 170 Å². The van der Waals surface area contributed by atoms with Crippen molar-refractivity contribution in [1.82, 2.24) is 0 Å². The van der Waals surface area contributed by atoms with Gasteiger partial charge in [-0.15, -0.1) is 0 Å². The molecule has 0 aromatic heterocycles. The Morgan fingerprint density at radius 1 is 0.783 bits per heavy atom. The molecule has 23 heavy (non-hydrogen) atoms. The van der Waals surface area contributed by atoms with Crippen LogP contribution in [0.5, 0.6) is 0 Å². The van der Waals surface area contributed by atoms with Gasteiger partial charge in [0.25, 0.3) is 0 Å². The van der Waals surface area contributed by atoms with E-state index in [1.165, 1.54) is 27.1 Å². The largest absolute Gasteiger partial charge is 0.0646 e. The number of hydrogen-bond acceptors (Lipinski definition) is 0. The summed E-state index contributed by atoms with van der Waals surface area (Å²) in [5.41, 5.74) is 1.56. The Kier molecular flexibility index (Phi) is 5.01. The first-order valence-corrected chi connectivity index (χ1v) is 10.6. The SMILES string of the molecule is CCC(C)(C)c1cccc2cc3c(Br)c(Br)c(Br)c(Br)c3cc12. The van der Waals surface area contributed by atoms with Gasteiger partial charge in [-0.05, 0) is 115 Å². The Bertz CT molecular complexity index is 926. The molecule has 0 N–H and O–H groups in total. The van der Waals surface area contributed by atoms with Crippen molar-refractivity contribution in [3.8, 4) is 0 Å². The zero-order valence-electron chi connectivity index (χ0n) is 13.1. The third-order valence-corrected chi connectivity index (χ3v) is 9.51. The summed E-state index contributed by atoms with van der Waals surface area (Å²) in [6, 6.07) is 11.2. The third-order valence-electron chi connectivity index (χ3n) is 4.68. The third kappa shape index (κ3) is 2.94. The van der Waals surface area contributed by atoms with Crippen LogP contribution >= 0.6 is 63.7 Å². The molecule has 0 heterocycles. The molecule has 0 aliphatic heterocycles. The van der Waals surface area contributed by atoms with Gasteiger partial charge in [0.2, 0.25) is 0 Å². The van der Waals surface area contributed by atoms with Crippen LogP contribution in [0.4, 0.5) is 0 Å². The first kappa shape index (κ1) is 17.9. The Balaban J connectivity index is 2.49. The maximum atomic E-state index is 3.75. The van der Waals surface area contributed by atoms with Crippen LogP contribution in [-0.4, -0.2) is 0 Å². The lowest BCUT2D eigenvalue weighted by atomic mass is 9.79. The first-order valence-electron chi connectivity index (χ1n) is 7.47. The highest BCUT2D eigenvalue weighted by atomic mass is 79.9. The van der Waals surface area contributed by atoms with Gasteiger partial charge in [0.15, 0.2) is 0 Å². The molecule has 0 unspecified atom stereocenters. The Hall–Kier alpha value is 0.1000. The van der Waals surface area contributed by atoms with E-state index in [9.17, 15) is 0 Å². The average Bonchev–Trinajstić information content (AvgIpc) is 2.56. The monoisotopic (exact) mass is 560 g/mol. The number of hydrogen-bond donors (Lipinski definition) is 0. The molecule has 3 aromatic rings. The van der Waals surface area contributed by atoms with Crippen LogP contribution in [0.1, 0.15) is 32.8 Å². The number of rotatable bonds is 2. The fourth-order valence-electron chi connectivity index (χ4n) is 2.90. The van der Waals surface area contributed by atoms with E-state index in [1.54, 1.807) is 0 Å². The fraction of sp³-hybridized carbons (Fsp3) is 0.263. The van der Waals surface area contributed by atoms with Crippen LogP contribution in [0.15, 0.2) is 48.2 Å². The second kappa shape index (κ2) is 6.44. The molecule has 0 saturated heterocycles. The molecule has 4 heteroatoms. The van der Waals surface area contributed by atoms with Crippen molar-refractivity contribution in [2.45, 2.75) is 32.6 Å². The van der Waals surface area contributed by atoms with Crippen LogP contribution in [0.3, 0.4) is 0 Å². The smallest absolute Gasteiger partial charge is 0.0477 e. The van der Waals surface area contributed by atoms with Crippen molar-refractivity contribution in [1.29, 1.82) is 0 Å². The molecular formula is C19H16Br4. The molecule has 0 fully saturated rings. The Morgan fingerprint density at radius 2 is 1.35 bits per heavy atom. The van der Waals surface area contributed by atoms with E-state index in [2.05, 4.69) is 115 Å². The van der Waals surface area contributed by atoms with Gasteiger partial charge in [-0.3, -0.25) is 0 Å². The van der Waals surface area contributed by atoms with Crippen LogP contribution in [0.2, 0.25) is 0 Å². The molecular weight excluding hydrogens is 548 g/mol. The molecule has 0 saturated carbocycles. The van der Waals surface area contributed by atoms with E-state index >= 15 is 0 Å². The van der Waals surface area contributed by atoms with Crippen molar-refractivity contribution >= 4 is 85.3 Å². The molecule has 0 aliphatic rings. The van der Waals surface area contributed by atoms with Crippen molar-refractivity contribution in [3.63, 3.8) is 0 Å². The van der Waals surface area contributed by atoms with E-state index in [0.29, 0.717) is 0 Å². The average molecular weight is 564 g/mol. The molecule has 0 aliphatic carbocycles. The number of halogens is 4. The van der Waals surface area contributed by atoms with E-state index in [4.69, 9.17) is 0 Å². The maximum Gasteiger partial charge on any atom is 0.0477 e. The minimum Gasteiger partial charge on any atom is -0.0646 e. The summed E-state index contributed by atoms with van der Waals surface area (Å²) < 4.78 is 4.21. The molecule has 0 radical (unpaired) electrons. The van der Waals surface area contributed by atoms with Crippen LogP contribution in [-0.2, 0) is 5.41 Å². The molecule has 0 amide bonds. The van der Waals surface area contributed by atoms with Crippen molar-refractivity contribution in [2.75, 3.05) is 0 Å². The molecule has 0 nitrogen and oxygen atoms in total. The molecule has 120 valence electrons. The highest BCUT2D eigenvalue weighted by molar-refractivity contribution is 9.15. The minimum absolute atomic E-state index is 0.156. The van der Waals surface area contributed by atoms with E-state index in [-0.39, 0.29) is 5.41 Å². The van der Waals surface area contributed by atoms with Gasteiger partial charge >= 0.3 is 0 Å². The van der Waals surface area contributed by atoms with Gasteiger partial charge in [0, 0.05) is 17.9 Å². The molecule has 3 rings (SSSR count). The molecule has 0 bridgehead atoms. The lowest BCUT2D eigenvalue weighted by Gasteiger charge is -2.25. The second-order valence-corrected chi connectivity index (χ2v) is 9.59. The summed E-state index contributed by atoms with van der Waals surface area (Å²) in [5.74, 6) is 0. The quantitative estimate of drug-likeness (QED) is 0.166. The van der Waals surface area contributed by atoms with Gasteiger partial charge in [-0.1, -0.05) is 39.0 Å². The van der Waals surface area contributed by atoms with Gasteiger partial charge < -0.3 is 0 Å². The summed E-state index contributed by atoms with van der Waals surface area (Å²) in [6.45, 7) is 6.88. The van der Waals surface area contributed by atoms with Gasteiger partial charge in [0.1, 0.15) is 0 Å². The lowest BCUT2D eigenvalue weighted by Crippen LogP contribution is -2.15. The highest BCUT2D eigenvalue weighted by Crippen LogP contribution is 2.45. The summed E-state index contributed by atoms with van der Waals surface area (Å²) in [4.78, 5) is 0. The number of benzene rings is 3. The van der Waals surface area contributed by atoms with Gasteiger partial charge in [-0.2, -0.15) is 0 Å². The summed E-state index contributed by atoms with van der Waals surface area (Å²) in [5, 5.41) is 5.01. The zero-order chi connectivity index (χ0) is 16.9. The summed E-state index contributed by atoms with van der Waals surface area (Å²) in [7, 11) is 0. The fourth-order valence-corrected chi connectivity index (χ4v) is 5.31. The standard InChI is InChI=1S/C19H16Br4/c1-4-19(2,3)14-7-5-6-10-8-12-13(9-11(10)14)16(21)18(23)17(22)15(12)20/h5-9H,4H2,1-3H3. The van der Waals surface area contributed by atoms with Crippen LogP contribution in [0, 0.1) is 0 Å². The molecule has 0 spiro atoms. The normalized spacial score (nSPS) is 12.3. The summed E-state index contributed by atoms with van der Waals surface area (Å²) in [6.07, 6.45) is 1.11. The van der Waals surface area contributed by atoms with E-state index in [1.807, 2.05) is 0 Å². The van der Waals surface area contributed by atoms with E-state index in [0.717, 1.165) is 24.3 Å². The molecule has 3 aromatic carbocycles. The van der Waals surface area contributed by atoms with Crippen molar-refractivity contribution in [3.05, 3.63) is 53.8 Å². The zero-order valence-corrected chi connectivity index (χ0v) is 19.4. The van der Waals surface area contributed by atoms with Crippen molar-refractivity contribution in [2.24, 2.45) is 0 Å². The van der Waals surface area contributed by atoms with Crippen molar-refractivity contribution < 1.29 is 0 Å². The predicted octanol–water partition coefficient (Wildman–Crippen LogP) is 8.73. The second-order valence-electron chi connectivity index (χ2n) is 6.42. The van der Waals surface area contributed by atoms with Crippen LogP contribution < -0.4 is 0 Å². The number of fused-ring (bicyclic) bond motifs is 2. The first-order chi connectivity index (χ1) is 10.8. The summed E-state index contributed by atoms with van der Waals surface area (Å²) >= 11 is 14.8. The molecule has 0 atom stereocenters.